The third-order valence-corrected chi connectivity index (χ3v) is 5.11. The Balaban J connectivity index is 0.00000312. The summed E-state index contributed by atoms with van der Waals surface area (Å²) in [6.45, 7) is 12.7. The van der Waals surface area contributed by atoms with E-state index >= 15 is 0 Å². The van der Waals surface area contributed by atoms with Gasteiger partial charge in [-0.2, -0.15) is 0 Å². The van der Waals surface area contributed by atoms with Crippen molar-refractivity contribution in [2.45, 2.75) is 52.4 Å². The molecule has 6 heteroatoms. The van der Waals surface area contributed by atoms with Gasteiger partial charge in [-0.1, -0.05) is 6.92 Å². The predicted molar refractivity (Wildman–Crippen MR) is 117 cm³/mol. The largest absolute Gasteiger partial charge is 0.381 e. The normalized spacial score (nSPS) is 19.5. The summed E-state index contributed by atoms with van der Waals surface area (Å²) in [6, 6.07) is 0. The van der Waals surface area contributed by atoms with Gasteiger partial charge in [0, 0.05) is 32.8 Å². The van der Waals surface area contributed by atoms with Crippen LogP contribution >= 0.6 is 24.0 Å². The minimum Gasteiger partial charge on any atom is -0.381 e. The first-order valence-electron chi connectivity index (χ1n) is 10.1. The smallest absolute Gasteiger partial charge is 0.191 e. The summed E-state index contributed by atoms with van der Waals surface area (Å²) in [6.07, 6.45) is 7.70. The number of aliphatic imine (C=N–C) groups is 1. The van der Waals surface area contributed by atoms with Gasteiger partial charge in [-0.15, -0.1) is 24.0 Å². The number of piperidine rings is 1. The van der Waals surface area contributed by atoms with E-state index in [1.165, 1.54) is 51.7 Å². The Labute approximate surface area is 171 Å². The van der Waals surface area contributed by atoms with E-state index in [4.69, 9.17) is 4.74 Å². The first-order chi connectivity index (χ1) is 11.8. The number of nitrogens with one attached hydrogen (secondary N) is 2. The Kier molecular flexibility index (Phi) is 12.9. The van der Waals surface area contributed by atoms with Gasteiger partial charge in [0.25, 0.3) is 0 Å². The Bertz CT molecular complexity index is 355. The number of nitrogens with zero attached hydrogens (tertiary/aromatic N) is 2. The summed E-state index contributed by atoms with van der Waals surface area (Å²) in [5, 5.41) is 6.84. The fraction of sp³-hybridized carbons (Fsp3) is 0.947. The summed E-state index contributed by atoms with van der Waals surface area (Å²) >= 11 is 0. The van der Waals surface area contributed by atoms with Crippen molar-refractivity contribution < 1.29 is 4.74 Å². The first kappa shape index (κ1) is 23.0. The number of hydrogen-bond donors (Lipinski definition) is 2. The number of ether oxygens (including phenoxy) is 1. The fourth-order valence-corrected chi connectivity index (χ4v) is 3.22. The maximum absolute atomic E-state index is 5.66. The maximum Gasteiger partial charge on any atom is 0.191 e. The molecule has 2 fully saturated rings. The molecule has 1 aliphatic carbocycles. The van der Waals surface area contributed by atoms with Crippen LogP contribution in [0, 0.1) is 11.8 Å². The molecule has 0 unspecified atom stereocenters. The van der Waals surface area contributed by atoms with Crippen LogP contribution < -0.4 is 10.6 Å². The van der Waals surface area contributed by atoms with E-state index in [9.17, 15) is 0 Å². The zero-order valence-electron chi connectivity index (χ0n) is 16.3. The molecule has 1 aliphatic heterocycles. The second-order valence-electron chi connectivity index (χ2n) is 7.23. The van der Waals surface area contributed by atoms with Gasteiger partial charge in [-0.05, 0) is 76.9 Å². The van der Waals surface area contributed by atoms with E-state index < -0.39 is 0 Å². The lowest BCUT2D eigenvalue weighted by atomic mass is 9.93. The molecule has 0 spiro atoms. The van der Waals surface area contributed by atoms with Crippen molar-refractivity contribution in [1.29, 1.82) is 0 Å². The second-order valence-corrected chi connectivity index (χ2v) is 7.23. The van der Waals surface area contributed by atoms with Crippen molar-refractivity contribution in [2.24, 2.45) is 16.8 Å². The van der Waals surface area contributed by atoms with E-state index in [-0.39, 0.29) is 24.0 Å². The summed E-state index contributed by atoms with van der Waals surface area (Å²) in [4.78, 5) is 7.22. The SMILES string of the molecule is CCNC(=NCCCOCC1CC1)NCCC1CCN(CC)CC1.I. The molecule has 148 valence electrons. The number of rotatable bonds is 11. The Morgan fingerprint density at radius 3 is 2.48 bits per heavy atom. The van der Waals surface area contributed by atoms with Gasteiger partial charge in [-0.25, -0.2) is 0 Å². The summed E-state index contributed by atoms with van der Waals surface area (Å²) in [5.41, 5.74) is 0. The summed E-state index contributed by atoms with van der Waals surface area (Å²) in [7, 11) is 0. The highest BCUT2D eigenvalue weighted by molar-refractivity contribution is 14.0. The lowest BCUT2D eigenvalue weighted by Gasteiger charge is -2.31. The van der Waals surface area contributed by atoms with E-state index in [1.54, 1.807) is 0 Å². The molecule has 25 heavy (non-hydrogen) atoms. The molecule has 0 bridgehead atoms. The molecule has 0 aromatic heterocycles. The predicted octanol–water partition coefficient (Wildman–Crippen LogP) is 3.10. The second kappa shape index (κ2) is 14.0. The Hall–Kier alpha value is -0.0800. The monoisotopic (exact) mass is 466 g/mol. The quantitative estimate of drug-likeness (QED) is 0.213. The lowest BCUT2D eigenvalue weighted by Crippen LogP contribution is -2.39. The maximum atomic E-state index is 5.66. The third-order valence-electron chi connectivity index (χ3n) is 5.11. The van der Waals surface area contributed by atoms with Crippen LogP contribution in [0.25, 0.3) is 0 Å². The summed E-state index contributed by atoms with van der Waals surface area (Å²) in [5.74, 6) is 2.70. The molecule has 2 aliphatic rings. The molecule has 0 radical (unpaired) electrons. The highest BCUT2D eigenvalue weighted by Gasteiger charge is 2.20. The van der Waals surface area contributed by atoms with Crippen molar-refractivity contribution in [3.8, 4) is 0 Å². The third kappa shape index (κ3) is 10.6. The van der Waals surface area contributed by atoms with Crippen LogP contribution in [0.1, 0.15) is 52.4 Å². The molecule has 0 atom stereocenters. The van der Waals surface area contributed by atoms with Crippen molar-refractivity contribution in [2.75, 3.05) is 52.5 Å². The lowest BCUT2D eigenvalue weighted by molar-refractivity contribution is 0.123. The van der Waals surface area contributed by atoms with Crippen molar-refractivity contribution in [1.82, 2.24) is 15.5 Å². The molecule has 1 heterocycles. The minimum absolute atomic E-state index is 0. The fourth-order valence-electron chi connectivity index (χ4n) is 3.22. The van der Waals surface area contributed by atoms with Gasteiger partial charge in [-0.3, -0.25) is 4.99 Å². The zero-order valence-corrected chi connectivity index (χ0v) is 18.6. The molecule has 0 aromatic carbocycles. The average Bonchev–Trinajstić information content (AvgIpc) is 3.43. The van der Waals surface area contributed by atoms with Crippen LogP contribution in [-0.2, 0) is 4.74 Å². The molecule has 2 N–H and O–H groups in total. The van der Waals surface area contributed by atoms with Crippen LogP contribution in [0.3, 0.4) is 0 Å². The highest BCUT2D eigenvalue weighted by Crippen LogP contribution is 2.28. The van der Waals surface area contributed by atoms with Crippen LogP contribution in [0.2, 0.25) is 0 Å². The van der Waals surface area contributed by atoms with Gasteiger partial charge < -0.3 is 20.3 Å². The van der Waals surface area contributed by atoms with Crippen molar-refractivity contribution in [3.63, 3.8) is 0 Å². The highest BCUT2D eigenvalue weighted by atomic mass is 127. The van der Waals surface area contributed by atoms with Gasteiger partial charge in [0.05, 0.1) is 0 Å². The van der Waals surface area contributed by atoms with Gasteiger partial charge >= 0.3 is 0 Å². The van der Waals surface area contributed by atoms with Crippen LogP contribution in [-0.4, -0.2) is 63.3 Å². The molecule has 1 saturated heterocycles. The average molecular weight is 466 g/mol. The Morgan fingerprint density at radius 2 is 1.84 bits per heavy atom. The number of hydrogen-bond acceptors (Lipinski definition) is 3. The van der Waals surface area contributed by atoms with Gasteiger partial charge in [0.15, 0.2) is 5.96 Å². The van der Waals surface area contributed by atoms with E-state index in [0.717, 1.165) is 57.1 Å². The minimum atomic E-state index is 0. The van der Waals surface area contributed by atoms with E-state index in [1.807, 2.05) is 0 Å². The molecule has 0 aromatic rings. The van der Waals surface area contributed by atoms with Gasteiger partial charge in [0.2, 0.25) is 0 Å². The number of halogens is 1. The molecular formula is C19H39IN4O. The van der Waals surface area contributed by atoms with E-state index in [0.29, 0.717) is 0 Å². The standard InChI is InChI=1S/C19H38N4O.HI/c1-3-20-19(21-11-5-15-24-16-18-6-7-18)22-12-8-17-9-13-23(4-2)14-10-17;/h17-18H,3-16H2,1-2H3,(H2,20,21,22);1H. The van der Waals surface area contributed by atoms with Crippen LogP contribution in [0.5, 0.6) is 0 Å². The van der Waals surface area contributed by atoms with Crippen molar-refractivity contribution in [3.05, 3.63) is 0 Å². The number of likely N-dealkylation sites (tertiary alicyclic amines) is 1. The van der Waals surface area contributed by atoms with E-state index in [2.05, 4.69) is 34.4 Å². The zero-order chi connectivity index (χ0) is 17.0. The van der Waals surface area contributed by atoms with Gasteiger partial charge in [0.1, 0.15) is 0 Å². The molecular weight excluding hydrogens is 427 g/mol. The molecule has 2 rings (SSSR count). The number of guanidine groups is 1. The Morgan fingerprint density at radius 1 is 1.08 bits per heavy atom. The molecule has 5 nitrogen and oxygen atoms in total. The first-order valence-corrected chi connectivity index (χ1v) is 10.1. The molecule has 1 saturated carbocycles. The topological polar surface area (TPSA) is 48.9 Å². The molecule has 0 amide bonds. The van der Waals surface area contributed by atoms with Crippen molar-refractivity contribution >= 4 is 29.9 Å². The van der Waals surface area contributed by atoms with Crippen LogP contribution in [0.4, 0.5) is 0 Å². The van der Waals surface area contributed by atoms with Crippen LogP contribution in [0.15, 0.2) is 4.99 Å². The summed E-state index contributed by atoms with van der Waals surface area (Å²) < 4.78 is 5.66.